The van der Waals surface area contributed by atoms with E-state index in [2.05, 4.69) is 64.9 Å². The Labute approximate surface area is 167 Å². The van der Waals surface area contributed by atoms with Crippen molar-refractivity contribution < 1.29 is 9.90 Å². The molecule has 3 rings (SSSR count). The second-order valence-electron chi connectivity index (χ2n) is 7.61. The molecule has 2 aromatic rings. The summed E-state index contributed by atoms with van der Waals surface area (Å²) in [4.78, 5) is 14.4. The lowest BCUT2D eigenvalue weighted by Crippen LogP contribution is -2.42. The van der Waals surface area contributed by atoms with Crippen LogP contribution >= 0.6 is 0 Å². The Bertz CT molecular complexity index is 806. The van der Waals surface area contributed by atoms with Crippen LogP contribution in [0, 0.1) is 6.92 Å². The van der Waals surface area contributed by atoms with Crippen molar-refractivity contribution in [2.75, 3.05) is 32.0 Å². The molecule has 1 aliphatic rings. The van der Waals surface area contributed by atoms with Gasteiger partial charge < -0.3 is 15.7 Å². The molecule has 28 heavy (non-hydrogen) atoms. The molecule has 150 valence electrons. The van der Waals surface area contributed by atoms with Crippen LogP contribution in [-0.4, -0.2) is 48.7 Å². The molecule has 0 aliphatic carbocycles. The molecule has 0 aromatic heterocycles. The van der Waals surface area contributed by atoms with Gasteiger partial charge in [0.1, 0.15) is 0 Å². The van der Waals surface area contributed by atoms with Crippen LogP contribution in [0.3, 0.4) is 0 Å². The molecule has 1 heterocycles. The van der Waals surface area contributed by atoms with Crippen LogP contribution in [0.25, 0.3) is 0 Å². The van der Waals surface area contributed by atoms with Crippen molar-refractivity contribution in [1.82, 2.24) is 10.2 Å². The first-order chi connectivity index (χ1) is 13.5. The Hall–Kier alpha value is -2.37. The number of β-amino-alcohol motifs (C(OH)–C–C–N with tert-alkyl or cyclic N) is 1. The number of amides is 1. The van der Waals surface area contributed by atoms with Crippen LogP contribution in [0.5, 0.6) is 0 Å². The Balaban J connectivity index is 1.39. The topological polar surface area (TPSA) is 64.6 Å². The van der Waals surface area contributed by atoms with Crippen LogP contribution in [0.2, 0.25) is 0 Å². The highest BCUT2D eigenvalue weighted by Crippen LogP contribution is 2.19. The predicted octanol–water partition coefficient (Wildman–Crippen LogP) is 2.50. The fourth-order valence-corrected chi connectivity index (χ4v) is 3.74. The van der Waals surface area contributed by atoms with Crippen molar-refractivity contribution in [1.29, 1.82) is 0 Å². The summed E-state index contributed by atoms with van der Waals surface area (Å²) in [6, 6.07) is 14.7. The average molecular weight is 382 g/mol. The number of hydrogen-bond acceptors (Lipinski definition) is 4. The second-order valence-corrected chi connectivity index (χ2v) is 7.61. The van der Waals surface area contributed by atoms with Crippen LogP contribution in [-0.2, 0) is 24.2 Å². The molecule has 0 saturated carbocycles. The lowest BCUT2D eigenvalue weighted by atomic mass is 10.00. The molecule has 1 unspecified atom stereocenters. The molecule has 0 radical (unpaired) electrons. The Kier molecular flexibility index (Phi) is 7.06. The third-order valence-electron chi connectivity index (χ3n) is 5.43. The predicted molar refractivity (Wildman–Crippen MR) is 113 cm³/mol. The van der Waals surface area contributed by atoms with Gasteiger partial charge in [-0.1, -0.05) is 36.4 Å². The lowest BCUT2D eigenvalue weighted by Gasteiger charge is -2.30. The van der Waals surface area contributed by atoms with E-state index < -0.39 is 6.10 Å². The van der Waals surface area contributed by atoms with E-state index in [-0.39, 0.29) is 5.91 Å². The maximum Gasteiger partial charge on any atom is 0.220 e. The fraction of sp³-hybridized carbons (Fsp3) is 0.435. The van der Waals surface area contributed by atoms with Gasteiger partial charge in [0, 0.05) is 45.3 Å². The molecule has 5 nitrogen and oxygen atoms in total. The second kappa shape index (κ2) is 9.71. The Morgan fingerprint density at radius 3 is 2.79 bits per heavy atom. The molecular formula is C23H31N3O2. The van der Waals surface area contributed by atoms with Crippen LogP contribution in [0.4, 0.5) is 5.69 Å². The number of aliphatic hydroxyl groups excluding tert-OH is 1. The van der Waals surface area contributed by atoms with E-state index >= 15 is 0 Å². The minimum Gasteiger partial charge on any atom is -0.390 e. The van der Waals surface area contributed by atoms with Gasteiger partial charge in [-0.05, 0) is 48.1 Å². The molecule has 5 heteroatoms. The van der Waals surface area contributed by atoms with Crippen LogP contribution < -0.4 is 10.6 Å². The minimum absolute atomic E-state index is 0.0189. The van der Waals surface area contributed by atoms with Gasteiger partial charge in [-0.3, -0.25) is 9.69 Å². The number of carbonyl (C=O) groups excluding carboxylic acids is 1. The molecule has 0 spiro atoms. The van der Waals surface area contributed by atoms with Crippen LogP contribution in [0.1, 0.15) is 28.7 Å². The zero-order valence-electron chi connectivity index (χ0n) is 16.9. The Morgan fingerprint density at radius 1 is 1.21 bits per heavy atom. The molecule has 0 bridgehead atoms. The number of aryl methyl sites for hydroxylation is 2. The number of benzene rings is 2. The minimum atomic E-state index is -0.551. The van der Waals surface area contributed by atoms with Gasteiger partial charge in [-0.25, -0.2) is 0 Å². The number of anilines is 1. The van der Waals surface area contributed by atoms with Crippen molar-refractivity contribution in [3.8, 4) is 0 Å². The van der Waals surface area contributed by atoms with E-state index in [1.165, 1.54) is 16.7 Å². The highest BCUT2D eigenvalue weighted by Gasteiger charge is 2.18. The molecule has 1 atom stereocenters. The summed E-state index contributed by atoms with van der Waals surface area (Å²) in [6.45, 7) is 4.75. The van der Waals surface area contributed by atoms with Crippen molar-refractivity contribution in [3.63, 3.8) is 0 Å². The molecule has 0 fully saturated rings. The molecule has 2 aromatic carbocycles. The number of nitrogens with zero attached hydrogens (tertiary/aromatic N) is 1. The van der Waals surface area contributed by atoms with Gasteiger partial charge in [0.15, 0.2) is 0 Å². The highest BCUT2D eigenvalue weighted by molar-refractivity contribution is 5.76. The van der Waals surface area contributed by atoms with Gasteiger partial charge in [0.2, 0.25) is 5.91 Å². The normalized spacial score (nSPS) is 15.0. The van der Waals surface area contributed by atoms with E-state index in [0.29, 0.717) is 25.9 Å². The maximum absolute atomic E-state index is 12.1. The maximum atomic E-state index is 12.1. The Morgan fingerprint density at radius 2 is 2.00 bits per heavy atom. The average Bonchev–Trinajstić information content (AvgIpc) is 2.71. The number of rotatable bonds is 8. The van der Waals surface area contributed by atoms with E-state index in [1.54, 1.807) is 0 Å². The highest BCUT2D eigenvalue weighted by atomic mass is 16.3. The number of fused-ring (bicyclic) bond motifs is 1. The number of aliphatic hydroxyl groups is 1. The van der Waals surface area contributed by atoms with E-state index in [4.69, 9.17) is 0 Å². The zero-order valence-corrected chi connectivity index (χ0v) is 16.9. The third-order valence-corrected chi connectivity index (χ3v) is 5.43. The van der Waals surface area contributed by atoms with Gasteiger partial charge >= 0.3 is 0 Å². The van der Waals surface area contributed by atoms with Crippen molar-refractivity contribution in [2.45, 2.75) is 38.8 Å². The lowest BCUT2D eigenvalue weighted by molar-refractivity contribution is -0.121. The molecule has 1 amide bonds. The van der Waals surface area contributed by atoms with Gasteiger partial charge in [0.25, 0.3) is 0 Å². The quantitative estimate of drug-likeness (QED) is 0.657. The first kappa shape index (κ1) is 20.4. The number of hydrogen-bond donors (Lipinski definition) is 3. The number of carbonyl (C=O) groups is 1. The molecule has 1 aliphatic heterocycles. The summed E-state index contributed by atoms with van der Waals surface area (Å²) in [5, 5.41) is 16.4. The van der Waals surface area contributed by atoms with Gasteiger partial charge in [0.05, 0.1) is 6.10 Å². The van der Waals surface area contributed by atoms with Crippen molar-refractivity contribution >= 4 is 11.6 Å². The summed E-state index contributed by atoms with van der Waals surface area (Å²) in [6.07, 6.45) is 1.58. The molecule has 0 saturated heterocycles. The van der Waals surface area contributed by atoms with Crippen molar-refractivity contribution in [2.24, 2.45) is 0 Å². The first-order valence-electron chi connectivity index (χ1n) is 10.1. The third kappa shape index (κ3) is 5.57. The largest absolute Gasteiger partial charge is 0.390 e. The summed E-state index contributed by atoms with van der Waals surface area (Å²) in [5.41, 5.74) is 6.16. The van der Waals surface area contributed by atoms with Gasteiger partial charge in [-0.15, -0.1) is 0 Å². The van der Waals surface area contributed by atoms with E-state index in [0.717, 1.165) is 30.8 Å². The smallest absolute Gasteiger partial charge is 0.220 e. The summed E-state index contributed by atoms with van der Waals surface area (Å²) in [7, 11) is 1.90. The SMILES string of the molecule is CNc1cc(CCC(=O)NCC(O)CN2CCc3ccccc3C2)ccc1C. The fourth-order valence-electron chi connectivity index (χ4n) is 3.74. The van der Waals surface area contributed by atoms with E-state index in [9.17, 15) is 9.90 Å². The van der Waals surface area contributed by atoms with Crippen LogP contribution in [0.15, 0.2) is 42.5 Å². The first-order valence-corrected chi connectivity index (χ1v) is 10.1. The summed E-state index contributed by atoms with van der Waals surface area (Å²) < 4.78 is 0. The van der Waals surface area contributed by atoms with Crippen molar-refractivity contribution in [3.05, 3.63) is 64.7 Å². The summed E-state index contributed by atoms with van der Waals surface area (Å²) in [5.74, 6) is -0.0189. The number of nitrogens with one attached hydrogen (secondary N) is 2. The molecule has 3 N–H and O–H groups in total. The summed E-state index contributed by atoms with van der Waals surface area (Å²) >= 11 is 0. The zero-order chi connectivity index (χ0) is 19.9. The standard InChI is InChI=1S/C23H31N3O2/c1-17-7-8-18(13-22(17)24-2)9-10-23(28)25-14-21(27)16-26-12-11-19-5-3-4-6-20(19)15-26/h3-8,13,21,24,27H,9-12,14-16H2,1-2H3,(H,25,28). The molecular weight excluding hydrogens is 350 g/mol. The monoisotopic (exact) mass is 381 g/mol. The van der Waals surface area contributed by atoms with Gasteiger partial charge in [-0.2, -0.15) is 0 Å². The van der Waals surface area contributed by atoms with E-state index in [1.807, 2.05) is 7.05 Å².